The zero-order chi connectivity index (χ0) is 28.8. The monoisotopic (exact) mass is 608 g/mol. The molecule has 234 valence electrons. The molecule has 0 bridgehead atoms. The molecule has 0 aromatic carbocycles. The van der Waals surface area contributed by atoms with Crippen molar-refractivity contribution in [2.75, 3.05) is 39.6 Å². The molecule has 11 atom stereocenters. The summed E-state index contributed by atoms with van der Waals surface area (Å²) in [5.74, 6) is -0.887. The molecule has 16 heteroatoms. The maximum Gasteiger partial charge on any atom is 0.226 e. The first kappa shape index (κ1) is 29.3. The Kier molecular flexibility index (Phi) is 8.75. The van der Waals surface area contributed by atoms with Gasteiger partial charge in [0, 0.05) is 43.6 Å². The van der Waals surface area contributed by atoms with Crippen molar-refractivity contribution in [2.24, 2.45) is 23.3 Å². The van der Waals surface area contributed by atoms with Crippen molar-refractivity contribution >= 4 is 23.5 Å². The number of fused-ring (bicyclic) bond motifs is 2. The van der Waals surface area contributed by atoms with Crippen molar-refractivity contribution in [2.45, 2.75) is 86.4 Å². The van der Waals surface area contributed by atoms with Crippen LogP contribution >= 0.6 is 11.8 Å². The van der Waals surface area contributed by atoms with Crippen LogP contribution < -0.4 is 43.6 Å². The van der Waals surface area contributed by atoms with Gasteiger partial charge < -0.3 is 25.8 Å². The minimum Gasteiger partial charge on any atom is -0.378 e. The lowest BCUT2D eigenvalue weighted by molar-refractivity contribution is -0.132. The van der Waals surface area contributed by atoms with Gasteiger partial charge in [-0.2, -0.15) is 10.5 Å². The van der Waals surface area contributed by atoms with Gasteiger partial charge in [-0.15, -0.1) is 11.8 Å². The lowest BCUT2D eigenvalue weighted by atomic mass is 9.90. The molecule has 6 fully saturated rings. The van der Waals surface area contributed by atoms with E-state index in [0.717, 1.165) is 43.8 Å². The Labute approximate surface area is 249 Å². The highest BCUT2D eigenvalue weighted by Crippen LogP contribution is 2.44. The predicted molar refractivity (Wildman–Crippen MR) is 153 cm³/mol. The Morgan fingerprint density at radius 1 is 1.17 bits per heavy atom. The molecular weight excluding hydrogens is 564 g/mol. The minimum absolute atomic E-state index is 0.0207. The van der Waals surface area contributed by atoms with Crippen molar-refractivity contribution in [3.63, 3.8) is 0 Å². The molecule has 0 spiro atoms. The van der Waals surface area contributed by atoms with Crippen LogP contribution in [0.1, 0.15) is 32.1 Å². The van der Waals surface area contributed by atoms with E-state index in [1.807, 2.05) is 5.01 Å². The maximum atomic E-state index is 13.0. The van der Waals surface area contributed by atoms with E-state index in [4.69, 9.17) is 25.8 Å². The molecule has 6 heterocycles. The number of morpholine rings is 1. The predicted octanol–water partition coefficient (Wildman–Crippen LogP) is -3.06. The Morgan fingerprint density at radius 3 is 2.81 bits per heavy atom. The molecule has 15 nitrogen and oxygen atoms in total. The molecule has 1 amide bonds. The van der Waals surface area contributed by atoms with Gasteiger partial charge in [0.1, 0.15) is 12.4 Å². The first-order valence-electron chi connectivity index (χ1n) is 15.3. The van der Waals surface area contributed by atoms with Gasteiger partial charge in [0.2, 0.25) is 5.91 Å². The smallest absolute Gasteiger partial charge is 0.226 e. The van der Waals surface area contributed by atoms with Crippen LogP contribution in [0, 0.1) is 11.8 Å². The standard InChI is InChI=1S/C26H44N10O5S/c27-14-3-1-2-4-15(14)31-26-33-24(20(23(28)38)25-29-12-30-36(25)26)32-18-10-17(41-34-18)13-11-40-21-16(37)9-19(42-22(13)21)35-5-7-39-8-6-35/h9,13-15,17-18,20-22,24-26,29-34H,1-8,10-12,27H2,(H2,28,38)/t13?,14-,15+,17?,18?,20?,21?,22?,24?,25?,26?/m1/s1. The SMILES string of the molecule is NC(=O)C1C(NC2CC(C3COC4C(=O)C=C(N5CCOCC5)SC43)ON2)NC(N[C@H]2CCCC[C@H]2N)N2NCNC12. The van der Waals surface area contributed by atoms with Crippen LogP contribution in [0.25, 0.3) is 0 Å². The van der Waals surface area contributed by atoms with Gasteiger partial charge in [-0.1, -0.05) is 12.8 Å². The summed E-state index contributed by atoms with van der Waals surface area (Å²) in [6.07, 6.45) is 4.86. The molecule has 0 aromatic heterocycles. The molecule has 1 saturated carbocycles. The highest BCUT2D eigenvalue weighted by atomic mass is 32.2. The van der Waals surface area contributed by atoms with Gasteiger partial charge in [0.05, 0.1) is 67.3 Å². The molecule has 0 aromatic rings. The summed E-state index contributed by atoms with van der Waals surface area (Å²) in [6.45, 7) is 3.89. The summed E-state index contributed by atoms with van der Waals surface area (Å²) in [6, 6.07) is 0.255. The number of nitrogens with one attached hydrogen (secondary N) is 6. The number of hydrogen-bond donors (Lipinski definition) is 8. The fraction of sp³-hybridized carbons (Fsp3) is 0.846. The fourth-order valence-electron chi connectivity index (χ4n) is 7.44. The summed E-state index contributed by atoms with van der Waals surface area (Å²) in [7, 11) is 0. The zero-order valence-corrected chi connectivity index (χ0v) is 24.5. The lowest BCUT2D eigenvalue weighted by Gasteiger charge is -2.48. The number of amides is 1. The lowest BCUT2D eigenvalue weighted by Crippen LogP contribution is -2.77. The Balaban J connectivity index is 1.01. The molecule has 42 heavy (non-hydrogen) atoms. The first-order chi connectivity index (χ1) is 20.5. The quantitative estimate of drug-likeness (QED) is 0.145. The summed E-state index contributed by atoms with van der Waals surface area (Å²) < 4.78 is 11.5. The van der Waals surface area contributed by atoms with E-state index in [0.29, 0.717) is 32.9 Å². The van der Waals surface area contributed by atoms with Crippen molar-refractivity contribution < 1.29 is 23.9 Å². The van der Waals surface area contributed by atoms with E-state index in [2.05, 4.69) is 37.1 Å². The third-order valence-corrected chi connectivity index (χ3v) is 11.2. The number of rotatable bonds is 7. The van der Waals surface area contributed by atoms with Crippen LogP contribution in [0.15, 0.2) is 11.1 Å². The average Bonchev–Trinajstić information content (AvgIpc) is 3.75. The molecule has 7 rings (SSSR count). The molecule has 0 radical (unpaired) electrons. The zero-order valence-electron chi connectivity index (χ0n) is 23.7. The van der Waals surface area contributed by atoms with Crippen molar-refractivity contribution in [1.29, 1.82) is 0 Å². The van der Waals surface area contributed by atoms with Crippen molar-refractivity contribution in [1.82, 2.24) is 42.1 Å². The van der Waals surface area contributed by atoms with Crippen LogP contribution in [0.3, 0.4) is 0 Å². The third kappa shape index (κ3) is 5.73. The van der Waals surface area contributed by atoms with E-state index in [1.165, 1.54) is 0 Å². The van der Waals surface area contributed by atoms with E-state index >= 15 is 0 Å². The number of hydrazine groups is 1. The van der Waals surface area contributed by atoms with Gasteiger partial charge in [-0.25, -0.2) is 5.43 Å². The number of nitrogens with two attached hydrogens (primary N) is 2. The van der Waals surface area contributed by atoms with Crippen LogP contribution in [0.5, 0.6) is 0 Å². The summed E-state index contributed by atoms with van der Waals surface area (Å²) >= 11 is 1.72. The van der Waals surface area contributed by atoms with Gasteiger partial charge in [-0.3, -0.25) is 35.7 Å². The van der Waals surface area contributed by atoms with Crippen molar-refractivity contribution in [3.05, 3.63) is 11.1 Å². The number of primary amides is 1. The van der Waals surface area contributed by atoms with Crippen molar-refractivity contribution in [3.8, 4) is 0 Å². The number of ether oxygens (including phenoxy) is 2. The van der Waals surface area contributed by atoms with E-state index in [-0.39, 0.29) is 53.8 Å². The number of carbonyl (C=O) groups excluding carboxylic acids is 2. The third-order valence-electron chi connectivity index (χ3n) is 9.71. The minimum atomic E-state index is -0.550. The molecule has 9 unspecified atom stereocenters. The molecule has 7 aliphatic rings. The number of hydroxylamine groups is 1. The largest absolute Gasteiger partial charge is 0.378 e. The highest BCUT2D eigenvalue weighted by Gasteiger charge is 2.52. The summed E-state index contributed by atoms with van der Waals surface area (Å²) in [5.41, 5.74) is 18.9. The van der Waals surface area contributed by atoms with Crippen LogP contribution in [-0.2, 0) is 23.9 Å². The van der Waals surface area contributed by atoms with E-state index in [9.17, 15) is 9.59 Å². The van der Waals surface area contributed by atoms with Gasteiger partial charge in [0.15, 0.2) is 5.78 Å². The molecule has 5 saturated heterocycles. The number of carbonyl (C=O) groups is 2. The molecule has 1 aliphatic carbocycles. The Bertz CT molecular complexity index is 1050. The molecular formula is C26H44N10O5S. The molecule has 6 aliphatic heterocycles. The normalized spacial score (nSPS) is 44.6. The van der Waals surface area contributed by atoms with Gasteiger partial charge in [-0.05, 0) is 12.8 Å². The number of hydrogen-bond acceptors (Lipinski definition) is 15. The second kappa shape index (κ2) is 12.5. The second-order valence-electron chi connectivity index (χ2n) is 12.3. The average molecular weight is 609 g/mol. The number of nitrogens with zero attached hydrogens (tertiary/aromatic N) is 2. The fourth-order valence-corrected chi connectivity index (χ4v) is 9.00. The van der Waals surface area contributed by atoms with Gasteiger partial charge >= 0.3 is 0 Å². The van der Waals surface area contributed by atoms with Crippen LogP contribution in [0.4, 0.5) is 0 Å². The maximum absolute atomic E-state index is 13.0. The van der Waals surface area contributed by atoms with E-state index in [1.54, 1.807) is 17.8 Å². The van der Waals surface area contributed by atoms with Crippen LogP contribution in [0.2, 0.25) is 0 Å². The summed E-state index contributed by atoms with van der Waals surface area (Å²) in [4.78, 5) is 34.1. The Hall–Kier alpha value is -1.41. The number of ketones is 1. The highest BCUT2D eigenvalue weighted by molar-refractivity contribution is 8.03. The van der Waals surface area contributed by atoms with Gasteiger partial charge in [0.25, 0.3) is 0 Å². The first-order valence-corrected chi connectivity index (χ1v) is 16.2. The topological polar surface area (TPSA) is 193 Å². The second-order valence-corrected chi connectivity index (χ2v) is 13.5. The molecule has 10 N–H and O–H groups in total. The summed E-state index contributed by atoms with van der Waals surface area (Å²) in [5, 5.41) is 17.2. The Morgan fingerprint density at radius 2 is 2.00 bits per heavy atom. The van der Waals surface area contributed by atoms with Crippen LogP contribution in [-0.4, -0.2) is 116 Å². The van der Waals surface area contributed by atoms with E-state index < -0.39 is 24.1 Å². The number of thioether (sulfide) groups is 1.